The van der Waals surface area contributed by atoms with E-state index in [2.05, 4.69) is 16.9 Å². The Kier molecular flexibility index (Phi) is 7.18. The van der Waals surface area contributed by atoms with Gasteiger partial charge in [0.2, 0.25) is 0 Å². The molecule has 1 aromatic heterocycles. The van der Waals surface area contributed by atoms with Gasteiger partial charge in [0.15, 0.2) is 0 Å². The summed E-state index contributed by atoms with van der Waals surface area (Å²) in [5.74, 6) is -0.336. The zero-order chi connectivity index (χ0) is 14.1. The van der Waals surface area contributed by atoms with E-state index in [9.17, 15) is 4.79 Å². The first kappa shape index (κ1) is 15.7. The molecule has 19 heavy (non-hydrogen) atoms. The molecule has 0 aliphatic rings. The van der Waals surface area contributed by atoms with Crippen LogP contribution in [0.5, 0.6) is 0 Å². The minimum atomic E-state index is -0.626. The van der Waals surface area contributed by atoms with Crippen LogP contribution in [-0.2, 0) is 16.0 Å². The Morgan fingerprint density at radius 1 is 1.47 bits per heavy atom. The first-order chi connectivity index (χ1) is 9.13. The maximum atomic E-state index is 11.8. The lowest BCUT2D eigenvalue weighted by atomic mass is 10.1. The Bertz CT molecular complexity index is 352. The summed E-state index contributed by atoms with van der Waals surface area (Å²) in [6, 6.07) is -0.626. The maximum absolute atomic E-state index is 11.8. The second-order valence-corrected chi connectivity index (χ2v) is 4.98. The van der Waals surface area contributed by atoms with Crippen molar-refractivity contribution in [3.8, 4) is 0 Å². The lowest BCUT2D eigenvalue weighted by Gasteiger charge is -2.16. The van der Waals surface area contributed by atoms with E-state index in [-0.39, 0.29) is 12.1 Å². The summed E-state index contributed by atoms with van der Waals surface area (Å²) < 4.78 is 5.34. The first-order valence-electron chi connectivity index (χ1n) is 7.06. The van der Waals surface area contributed by atoms with Crippen LogP contribution in [0.25, 0.3) is 0 Å². The second kappa shape index (κ2) is 8.69. The molecule has 0 bridgehead atoms. The number of H-pyrrole nitrogens is 1. The second-order valence-electron chi connectivity index (χ2n) is 4.98. The molecule has 1 unspecified atom stereocenters. The molecular formula is C14H25N3O2. The summed E-state index contributed by atoms with van der Waals surface area (Å²) in [6.07, 6.45) is 9.26. The quantitative estimate of drug-likeness (QED) is 0.531. The number of nitrogens with two attached hydrogens (primary N) is 1. The predicted molar refractivity (Wildman–Crippen MR) is 74.6 cm³/mol. The van der Waals surface area contributed by atoms with Crippen molar-refractivity contribution in [2.45, 2.75) is 64.5 Å². The van der Waals surface area contributed by atoms with Crippen molar-refractivity contribution in [2.75, 3.05) is 0 Å². The average molecular weight is 267 g/mol. The Morgan fingerprint density at radius 3 is 2.89 bits per heavy atom. The molecule has 1 rings (SSSR count). The summed E-state index contributed by atoms with van der Waals surface area (Å²) in [5, 5.41) is 0. The Hall–Kier alpha value is -1.36. The lowest BCUT2D eigenvalue weighted by Crippen LogP contribution is -2.36. The standard InChI is InChI=1S/C14H25N3O2/c1-3-4-5-6-7-11(2)19-14(18)13(15)8-12-9-16-10-17-12/h9-11,13H,3-8,15H2,1-2H3,(H,16,17)/t11?,13-/m1/s1. The van der Waals surface area contributed by atoms with Crippen LogP contribution in [0.1, 0.15) is 51.6 Å². The highest BCUT2D eigenvalue weighted by molar-refractivity contribution is 5.75. The number of carbonyl (C=O) groups excluding carboxylic acids is 1. The van der Waals surface area contributed by atoms with Crippen LogP contribution in [-0.4, -0.2) is 28.1 Å². The van der Waals surface area contributed by atoms with Gasteiger partial charge in [0.25, 0.3) is 0 Å². The molecule has 0 radical (unpaired) electrons. The number of hydrogen-bond acceptors (Lipinski definition) is 4. The molecule has 3 N–H and O–H groups in total. The number of rotatable bonds is 9. The summed E-state index contributed by atoms with van der Waals surface area (Å²) in [4.78, 5) is 18.6. The Morgan fingerprint density at radius 2 is 2.26 bits per heavy atom. The zero-order valence-corrected chi connectivity index (χ0v) is 11.9. The van der Waals surface area contributed by atoms with E-state index >= 15 is 0 Å². The normalized spacial score (nSPS) is 14.1. The number of hydrogen-bond donors (Lipinski definition) is 2. The van der Waals surface area contributed by atoms with Gasteiger partial charge >= 0.3 is 5.97 Å². The van der Waals surface area contributed by atoms with E-state index in [1.165, 1.54) is 19.3 Å². The monoisotopic (exact) mass is 267 g/mol. The van der Waals surface area contributed by atoms with Crippen molar-refractivity contribution in [1.29, 1.82) is 0 Å². The van der Waals surface area contributed by atoms with Gasteiger partial charge in [0, 0.05) is 18.3 Å². The summed E-state index contributed by atoms with van der Waals surface area (Å²) in [5.41, 5.74) is 6.66. The molecule has 0 saturated carbocycles. The summed E-state index contributed by atoms with van der Waals surface area (Å²) in [6.45, 7) is 4.10. The van der Waals surface area contributed by atoms with Gasteiger partial charge in [0.1, 0.15) is 6.04 Å². The highest BCUT2D eigenvalue weighted by atomic mass is 16.5. The molecule has 0 spiro atoms. The van der Waals surface area contributed by atoms with E-state index in [1.807, 2.05) is 6.92 Å². The van der Waals surface area contributed by atoms with Gasteiger partial charge < -0.3 is 15.5 Å². The molecule has 0 saturated heterocycles. The fraction of sp³-hybridized carbons (Fsp3) is 0.714. The number of nitrogens with zero attached hydrogens (tertiary/aromatic N) is 1. The molecule has 0 aliphatic carbocycles. The topological polar surface area (TPSA) is 81.0 Å². The van der Waals surface area contributed by atoms with E-state index in [1.54, 1.807) is 12.5 Å². The third kappa shape index (κ3) is 6.38. The number of ether oxygens (including phenoxy) is 1. The summed E-state index contributed by atoms with van der Waals surface area (Å²) >= 11 is 0. The number of aromatic nitrogens is 2. The molecule has 2 atom stereocenters. The molecule has 5 heteroatoms. The fourth-order valence-corrected chi connectivity index (χ4v) is 1.92. The number of unbranched alkanes of at least 4 members (excludes halogenated alkanes) is 3. The third-order valence-electron chi connectivity index (χ3n) is 3.08. The molecule has 0 aliphatic heterocycles. The highest BCUT2D eigenvalue weighted by Gasteiger charge is 2.18. The summed E-state index contributed by atoms with van der Waals surface area (Å²) in [7, 11) is 0. The van der Waals surface area contributed by atoms with Crippen LogP contribution in [0.15, 0.2) is 12.5 Å². The van der Waals surface area contributed by atoms with Gasteiger partial charge in [-0.3, -0.25) is 4.79 Å². The molecule has 1 heterocycles. The number of imidazole rings is 1. The first-order valence-corrected chi connectivity index (χ1v) is 7.06. The van der Waals surface area contributed by atoms with Crippen molar-refractivity contribution in [3.63, 3.8) is 0 Å². The van der Waals surface area contributed by atoms with E-state index < -0.39 is 6.04 Å². The molecule has 0 fully saturated rings. The molecule has 0 aromatic carbocycles. The average Bonchev–Trinajstić information content (AvgIpc) is 2.87. The number of carbonyl (C=O) groups is 1. The van der Waals surface area contributed by atoms with Crippen LogP contribution >= 0.6 is 0 Å². The third-order valence-corrected chi connectivity index (χ3v) is 3.08. The van der Waals surface area contributed by atoms with Gasteiger partial charge in [-0.2, -0.15) is 0 Å². The molecular weight excluding hydrogens is 242 g/mol. The van der Waals surface area contributed by atoms with E-state index in [4.69, 9.17) is 10.5 Å². The number of aromatic amines is 1. The molecule has 5 nitrogen and oxygen atoms in total. The highest BCUT2D eigenvalue weighted by Crippen LogP contribution is 2.09. The van der Waals surface area contributed by atoms with E-state index in [0.29, 0.717) is 6.42 Å². The van der Waals surface area contributed by atoms with Crippen molar-refractivity contribution < 1.29 is 9.53 Å². The Balaban J connectivity index is 2.21. The van der Waals surface area contributed by atoms with Gasteiger partial charge in [0.05, 0.1) is 12.4 Å². The lowest BCUT2D eigenvalue weighted by molar-refractivity contribution is -0.150. The van der Waals surface area contributed by atoms with Gasteiger partial charge in [-0.15, -0.1) is 0 Å². The predicted octanol–water partition coefficient (Wildman–Crippen LogP) is 2.18. The maximum Gasteiger partial charge on any atom is 0.323 e. The van der Waals surface area contributed by atoms with Crippen molar-refractivity contribution >= 4 is 5.97 Å². The smallest absolute Gasteiger partial charge is 0.323 e. The van der Waals surface area contributed by atoms with Crippen LogP contribution in [0.4, 0.5) is 0 Å². The van der Waals surface area contributed by atoms with Crippen molar-refractivity contribution in [1.82, 2.24) is 9.97 Å². The van der Waals surface area contributed by atoms with Gasteiger partial charge in [-0.05, 0) is 19.8 Å². The van der Waals surface area contributed by atoms with Crippen LogP contribution < -0.4 is 5.73 Å². The Labute approximate surface area is 114 Å². The molecule has 108 valence electrons. The molecule has 0 amide bonds. The molecule has 1 aromatic rings. The van der Waals surface area contributed by atoms with Crippen LogP contribution in [0.3, 0.4) is 0 Å². The fourth-order valence-electron chi connectivity index (χ4n) is 1.92. The van der Waals surface area contributed by atoms with Crippen LogP contribution in [0, 0.1) is 0 Å². The SMILES string of the molecule is CCCCCCC(C)OC(=O)[C@H](N)Cc1cnc[nH]1. The van der Waals surface area contributed by atoms with Crippen molar-refractivity contribution in [3.05, 3.63) is 18.2 Å². The van der Waals surface area contributed by atoms with Crippen molar-refractivity contribution in [2.24, 2.45) is 5.73 Å². The minimum Gasteiger partial charge on any atom is -0.462 e. The number of nitrogens with one attached hydrogen (secondary N) is 1. The van der Waals surface area contributed by atoms with Gasteiger partial charge in [-0.25, -0.2) is 4.98 Å². The number of esters is 1. The largest absolute Gasteiger partial charge is 0.462 e. The van der Waals surface area contributed by atoms with E-state index in [0.717, 1.165) is 18.5 Å². The minimum absolute atomic E-state index is 0.0582. The zero-order valence-electron chi connectivity index (χ0n) is 11.9. The van der Waals surface area contributed by atoms with Gasteiger partial charge in [-0.1, -0.05) is 26.2 Å². The van der Waals surface area contributed by atoms with Crippen LogP contribution in [0.2, 0.25) is 0 Å².